The Bertz CT molecular complexity index is 173. The first-order valence-corrected chi connectivity index (χ1v) is 6.24. The third-order valence-corrected chi connectivity index (χ3v) is 4.13. The molecule has 2 rings (SSSR count). The van der Waals surface area contributed by atoms with Crippen LogP contribution in [0.2, 0.25) is 0 Å². The van der Waals surface area contributed by atoms with E-state index in [1.165, 1.54) is 51.9 Å². The van der Waals surface area contributed by atoms with Crippen molar-refractivity contribution in [2.24, 2.45) is 5.92 Å². The van der Waals surface area contributed by atoms with Crippen LogP contribution in [0, 0.1) is 5.92 Å². The third kappa shape index (κ3) is 2.12. The van der Waals surface area contributed by atoms with Crippen molar-refractivity contribution in [1.82, 2.24) is 9.80 Å². The first-order chi connectivity index (χ1) is 6.81. The maximum atomic E-state index is 2.70. The topological polar surface area (TPSA) is 6.48 Å². The molecule has 2 aliphatic rings. The standard InChI is InChI=1S/C12H24N2/c1-3-14-8-4-5-12(14)11-6-9-13(2)10-7-11/h11-12H,3-10H2,1-2H3. The molecule has 0 radical (unpaired) electrons. The summed E-state index contributed by atoms with van der Waals surface area (Å²) < 4.78 is 0. The third-order valence-electron chi connectivity index (χ3n) is 4.13. The van der Waals surface area contributed by atoms with E-state index in [-0.39, 0.29) is 0 Å². The van der Waals surface area contributed by atoms with Crippen LogP contribution in [0.3, 0.4) is 0 Å². The SMILES string of the molecule is CCN1CCCC1C1CCN(C)CC1. The summed E-state index contributed by atoms with van der Waals surface area (Å²) in [4.78, 5) is 5.18. The Kier molecular flexibility index (Phi) is 3.45. The lowest BCUT2D eigenvalue weighted by Gasteiger charge is -2.36. The molecule has 2 saturated heterocycles. The fraction of sp³-hybridized carbons (Fsp3) is 1.00. The summed E-state index contributed by atoms with van der Waals surface area (Å²) in [6.45, 7) is 7.56. The van der Waals surface area contributed by atoms with Crippen molar-refractivity contribution in [3.8, 4) is 0 Å². The number of hydrogen-bond acceptors (Lipinski definition) is 2. The molecular weight excluding hydrogens is 172 g/mol. The molecular formula is C12H24N2. The molecule has 2 aliphatic heterocycles. The van der Waals surface area contributed by atoms with Crippen molar-refractivity contribution in [2.45, 2.75) is 38.6 Å². The van der Waals surface area contributed by atoms with Crippen molar-refractivity contribution in [1.29, 1.82) is 0 Å². The molecule has 0 aromatic carbocycles. The second-order valence-corrected chi connectivity index (χ2v) is 4.98. The molecule has 0 spiro atoms. The van der Waals surface area contributed by atoms with Crippen LogP contribution >= 0.6 is 0 Å². The van der Waals surface area contributed by atoms with Gasteiger partial charge in [-0.2, -0.15) is 0 Å². The van der Waals surface area contributed by atoms with E-state index >= 15 is 0 Å². The molecule has 2 heterocycles. The van der Waals surface area contributed by atoms with Gasteiger partial charge in [0, 0.05) is 6.04 Å². The van der Waals surface area contributed by atoms with Gasteiger partial charge in [-0.1, -0.05) is 6.92 Å². The van der Waals surface area contributed by atoms with Crippen molar-refractivity contribution in [2.75, 3.05) is 33.2 Å². The molecule has 1 atom stereocenters. The molecule has 0 aliphatic carbocycles. The fourth-order valence-electron chi connectivity index (χ4n) is 3.19. The molecule has 0 saturated carbocycles. The van der Waals surface area contributed by atoms with Crippen LogP contribution in [-0.4, -0.2) is 49.1 Å². The van der Waals surface area contributed by atoms with Crippen molar-refractivity contribution in [3.63, 3.8) is 0 Å². The van der Waals surface area contributed by atoms with Crippen LogP contribution in [-0.2, 0) is 0 Å². The van der Waals surface area contributed by atoms with Gasteiger partial charge in [-0.15, -0.1) is 0 Å². The number of likely N-dealkylation sites (tertiary alicyclic amines) is 2. The highest BCUT2D eigenvalue weighted by Gasteiger charge is 2.31. The van der Waals surface area contributed by atoms with Gasteiger partial charge in [-0.25, -0.2) is 0 Å². The van der Waals surface area contributed by atoms with Gasteiger partial charge in [0.25, 0.3) is 0 Å². The number of piperidine rings is 1. The molecule has 0 amide bonds. The van der Waals surface area contributed by atoms with E-state index in [2.05, 4.69) is 23.8 Å². The highest BCUT2D eigenvalue weighted by molar-refractivity contribution is 4.87. The number of hydrogen-bond donors (Lipinski definition) is 0. The monoisotopic (exact) mass is 196 g/mol. The predicted octanol–water partition coefficient (Wildman–Crippen LogP) is 1.81. The normalized spacial score (nSPS) is 32.6. The van der Waals surface area contributed by atoms with E-state index in [0.29, 0.717) is 0 Å². The zero-order chi connectivity index (χ0) is 9.97. The van der Waals surface area contributed by atoms with E-state index < -0.39 is 0 Å². The zero-order valence-corrected chi connectivity index (χ0v) is 9.71. The van der Waals surface area contributed by atoms with Gasteiger partial charge >= 0.3 is 0 Å². The maximum absolute atomic E-state index is 2.70. The van der Waals surface area contributed by atoms with E-state index in [9.17, 15) is 0 Å². The Morgan fingerprint density at radius 2 is 1.79 bits per heavy atom. The van der Waals surface area contributed by atoms with Crippen LogP contribution in [0.4, 0.5) is 0 Å². The Morgan fingerprint density at radius 3 is 2.43 bits per heavy atom. The van der Waals surface area contributed by atoms with Gasteiger partial charge < -0.3 is 9.80 Å². The predicted molar refractivity (Wildman–Crippen MR) is 60.5 cm³/mol. The Labute approximate surface area is 88.3 Å². The van der Waals surface area contributed by atoms with E-state index in [0.717, 1.165) is 12.0 Å². The second kappa shape index (κ2) is 4.63. The highest BCUT2D eigenvalue weighted by Crippen LogP contribution is 2.30. The minimum Gasteiger partial charge on any atom is -0.306 e. The molecule has 82 valence electrons. The highest BCUT2D eigenvalue weighted by atomic mass is 15.2. The molecule has 0 aromatic rings. The van der Waals surface area contributed by atoms with Gasteiger partial charge in [0.15, 0.2) is 0 Å². The first-order valence-electron chi connectivity index (χ1n) is 6.24. The van der Waals surface area contributed by atoms with Gasteiger partial charge in [-0.05, 0) is 64.8 Å². The maximum Gasteiger partial charge on any atom is 0.0125 e. The van der Waals surface area contributed by atoms with Gasteiger partial charge in [-0.3, -0.25) is 0 Å². The lowest BCUT2D eigenvalue weighted by Crippen LogP contribution is -2.41. The average molecular weight is 196 g/mol. The molecule has 2 nitrogen and oxygen atoms in total. The van der Waals surface area contributed by atoms with Gasteiger partial charge in [0.1, 0.15) is 0 Å². The summed E-state index contributed by atoms with van der Waals surface area (Å²) in [7, 11) is 2.25. The number of rotatable bonds is 2. The summed E-state index contributed by atoms with van der Waals surface area (Å²) in [5.74, 6) is 0.994. The smallest absolute Gasteiger partial charge is 0.0125 e. The van der Waals surface area contributed by atoms with Crippen molar-refractivity contribution in [3.05, 3.63) is 0 Å². The lowest BCUT2D eigenvalue weighted by molar-refractivity contribution is 0.129. The van der Waals surface area contributed by atoms with E-state index in [1.807, 2.05) is 0 Å². The Hall–Kier alpha value is -0.0800. The van der Waals surface area contributed by atoms with Crippen LogP contribution < -0.4 is 0 Å². The Morgan fingerprint density at radius 1 is 1.07 bits per heavy atom. The largest absolute Gasteiger partial charge is 0.306 e. The van der Waals surface area contributed by atoms with E-state index in [4.69, 9.17) is 0 Å². The summed E-state index contributed by atoms with van der Waals surface area (Å²) >= 11 is 0. The molecule has 0 bridgehead atoms. The summed E-state index contributed by atoms with van der Waals surface area (Å²) in [5.41, 5.74) is 0. The van der Waals surface area contributed by atoms with Gasteiger partial charge in [0.05, 0.1) is 0 Å². The van der Waals surface area contributed by atoms with Crippen LogP contribution in [0.1, 0.15) is 32.6 Å². The quantitative estimate of drug-likeness (QED) is 0.664. The molecule has 2 fully saturated rings. The summed E-state index contributed by atoms with van der Waals surface area (Å²) in [6.07, 6.45) is 5.75. The molecule has 1 unspecified atom stereocenters. The minimum atomic E-state index is 0.925. The van der Waals surface area contributed by atoms with Crippen molar-refractivity contribution >= 4 is 0 Å². The van der Waals surface area contributed by atoms with Crippen molar-refractivity contribution < 1.29 is 0 Å². The fourth-order valence-corrected chi connectivity index (χ4v) is 3.19. The van der Waals surface area contributed by atoms with Crippen LogP contribution in [0.25, 0.3) is 0 Å². The molecule has 0 aromatic heterocycles. The zero-order valence-electron chi connectivity index (χ0n) is 9.71. The van der Waals surface area contributed by atoms with Crippen LogP contribution in [0.15, 0.2) is 0 Å². The second-order valence-electron chi connectivity index (χ2n) is 4.98. The van der Waals surface area contributed by atoms with Crippen LogP contribution in [0.5, 0.6) is 0 Å². The first kappa shape index (κ1) is 10.4. The summed E-state index contributed by atoms with van der Waals surface area (Å²) in [6, 6.07) is 0.925. The minimum absolute atomic E-state index is 0.925. The average Bonchev–Trinajstić information content (AvgIpc) is 2.67. The lowest BCUT2D eigenvalue weighted by atomic mass is 9.88. The number of nitrogens with zero attached hydrogens (tertiary/aromatic N) is 2. The van der Waals surface area contributed by atoms with Gasteiger partial charge in [0.2, 0.25) is 0 Å². The summed E-state index contributed by atoms with van der Waals surface area (Å²) in [5, 5.41) is 0. The molecule has 14 heavy (non-hydrogen) atoms. The molecule has 0 N–H and O–H groups in total. The Balaban J connectivity index is 1.88. The molecule has 2 heteroatoms. The van der Waals surface area contributed by atoms with E-state index in [1.54, 1.807) is 0 Å².